The lowest BCUT2D eigenvalue weighted by molar-refractivity contribution is -0.120. The molecule has 1 aromatic rings. The Hall–Kier alpha value is -1.21. The quantitative estimate of drug-likeness (QED) is 0.783. The lowest BCUT2D eigenvalue weighted by atomic mass is 10.3. The number of benzene rings is 1. The highest BCUT2D eigenvalue weighted by Crippen LogP contribution is 2.23. The predicted octanol–water partition coefficient (Wildman–Crippen LogP) is 2.29. The van der Waals surface area contributed by atoms with E-state index in [-0.39, 0.29) is 28.7 Å². The second-order valence-corrected chi connectivity index (χ2v) is 4.88. The van der Waals surface area contributed by atoms with Crippen LogP contribution in [0.3, 0.4) is 0 Å². The third kappa shape index (κ3) is 5.12. The fourth-order valence-electron chi connectivity index (χ4n) is 1.45. The molecule has 0 spiro atoms. The summed E-state index contributed by atoms with van der Waals surface area (Å²) in [7, 11) is 1.53. The maximum Gasteiger partial charge on any atom is 0.239 e. The molecule has 1 unspecified atom stereocenters. The molecule has 0 saturated carbocycles. The molecule has 1 atom stereocenters. The number of hydrogen-bond donors (Lipinski definition) is 2. The third-order valence-electron chi connectivity index (χ3n) is 2.27. The normalized spacial score (nSPS) is 12.1. The van der Waals surface area contributed by atoms with Gasteiger partial charge in [0.1, 0.15) is 11.6 Å². The van der Waals surface area contributed by atoms with Gasteiger partial charge in [-0.1, -0.05) is 0 Å². The second-order valence-electron chi connectivity index (χ2n) is 4.02. The van der Waals surface area contributed by atoms with E-state index in [0.717, 1.165) is 6.07 Å². The molecule has 0 aliphatic heterocycles. The Balaban J connectivity index is 2.53. The first kappa shape index (κ1) is 15.8. The van der Waals surface area contributed by atoms with E-state index in [1.807, 2.05) is 0 Å². The smallest absolute Gasteiger partial charge is 0.239 e. The van der Waals surface area contributed by atoms with Gasteiger partial charge >= 0.3 is 0 Å². The molecule has 1 rings (SSSR count). The topological polar surface area (TPSA) is 50.4 Å². The Kier molecular flexibility index (Phi) is 6.17. The maximum absolute atomic E-state index is 13.4. The van der Waals surface area contributed by atoms with Gasteiger partial charge in [-0.05, 0) is 28.9 Å². The Morgan fingerprint density at radius 3 is 2.74 bits per heavy atom. The Morgan fingerprint density at radius 1 is 1.42 bits per heavy atom. The second kappa shape index (κ2) is 7.40. The summed E-state index contributed by atoms with van der Waals surface area (Å²) in [5, 5.41) is 5.27. The molecule has 0 radical (unpaired) electrons. The van der Waals surface area contributed by atoms with Crippen molar-refractivity contribution >= 4 is 27.5 Å². The highest BCUT2D eigenvalue weighted by atomic mass is 79.9. The Morgan fingerprint density at radius 2 is 2.11 bits per heavy atom. The number of carbonyl (C=O) groups is 1. The molecular formula is C12H15BrF2N2O2. The van der Waals surface area contributed by atoms with Crippen LogP contribution >= 0.6 is 15.9 Å². The summed E-state index contributed by atoms with van der Waals surface area (Å²) < 4.78 is 31.4. The van der Waals surface area contributed by atoms with E-state index < -0.39 is 11.6 Å². The van der Waals surface area contributed by atoms with E-state index in [1.54, 1.807) is 6.92 Å². The number of hydrogen-bond acceptors (Lipinski definition) is 3. The predicted molar refractivity (Wildman–Crippen MR) is 72.0 cm³/mol. The first-order chi connectivity index (χ1) is 8.93. The molecular weight excluding hydrogens is 322 g/mol. The van der Waals surface area contributed by atoms with Gasteiger partial charge < -0.3 is 15.4 Å². The summed E-state index contributed by atoms with van der Waals surface area (Å²) in [6.07, 6.45) is 0. The molecule has 0 aromatic heterocycles. The van der Waals surface area contributed by atoms with Crippen molar-refractivity contribution in [3.63, 3.8) is 0 Å². The van der Waals surface area contributed by atoms with Crippen LogP contribution in [0.15, 0.2) is 16.6 Å². The molecule has 0 heterocycles. The largest absolute Gasteiger partial charge is 0.383 e. The zero-order valence-electron chi connectivity index (χ0n) is 10.6. The monoisotopic (exact) mass is 336 g/mol. The van der Waals surface area contributed by atoms with E-state index in [1.165, 1.54) is 13.2 Å². The van der Waals surface area contributed by atoms with Crippen molar-refractivity contribution < 1.29 is 18.3 Å². The van der Waals surface area contributed by atoms with Crippen LogP contribution in [0.5, 0.6) is 0 Å². The van der Waals surface area contributed by atoms with Gasteiger partial charge in [0.2, 0.25) is 5.91 Å². The number of ether oxygens (including phenoxy) is 1. The number of methoxy groups -OCH3 is 1. The number of anilines is 1. The number of halogens is 3. The molecule has 0 bridgehead atoms. The average Bonchev–Trinajstić information content (AvgIpc) is 2.32. The lowest BCUT2D eigenvalue weighted by Gasteiger charge is -2.14. The number of rotatable bonds is 6. The summed E-state index contributed by atoms with van der Waals surface area (Å²) in [6, 6.07) is 1.86. The summed E-state index contributed by atoms with van der Waals surface area (Å²) in [4.78, 5) is 11.5. The minimum absolute atomic E-state index is 0.0582. The zero-order valence-corrected chi connectivity index (χ0v) is 12.2. The van der Waals surface area contributed by atoms with Crippen molar-refractivity contribution in [1.29, 1.82) is 0 Å². The van der Waals surface area contributed by atoms with E-state index in [2.05, 4.69) is 26.6 Å². The van der Waals surface area contributed by atoms with Gasteiger partial charge in [-0.2, -0.15) is 0 Å². The average molecular weight is 337 g/mol. The molecule has 1 amide bonds. The Bertz CT molecular complexity index is 458. The van der Waals surface area contributed by atoms with Gasteiger partial charge in [-0.15, -0.1) is 0 Å². The van der Waals surface area contributed by atoms with Crippen LogP contribution in [0, 0.1) is 11.6 Å². The lowest BCUT2D eigenvalue weighted by Crippen LogP contribution is -2.39. The summed E-state index contributed by atoms with van der Waals surface area (Å²) in [5.41, 5.74) is 0.0582. The van der Waals surface area contributed by atoms with Gasteiger partial charge in [-0.3, -0.25) is 4.79 Å². The molecule has 0 aliphatic carbocycles. The van der Waals surface area contributed by atoms with Crippen molar-refractivity contribution in [2.45, 2.75) is 13.0 Å². The van der Waals surface area contributed by atoms with Gasteiger partial charge in [0.15, 0.2) is 0 Å². The molecule has 106 valence electrons. The minimum Gasteiger partial charge on any atom is -0.383 e. The number of amides is 1. The van der Waals surface area contributed by atoms with Crippen LogP contribution in [-0.2, 0) is 9.53 Å². The third-order valence-corrected chi connectivity index (χ3v) is 2.88. The van der Waals surface area contributed by atoms with Crippen LogP contribution in [0.2, 0.25) is 0 Å². The first-order valence-electron chi connectivity index (χ1n) is 5.60. The molecule has 2 N–H and O–H groups in total. The SMILES string of the molecule is COCC(C)NC(=O)CNc1cc(Br)c(F)cc1F. The van der Waals surface area contributed by atoms with Crippen LogP contribution in [-0.4, -0.2) is 32.2 Å². The van der Waals surface area contributed by atoms with Gasteiger partial charge in [-0.25, -0.2) is 8.78 Å². The molecule has 0 saturated heterocycles. The van der Waals surface area contributed by atoms with Gasteiger partial charge in [0.25, 0.3) is 0 Å². The van der Waals surface area contributed by atoms with Crippen molar-refractivity contribution in [3.05, 3.63) is 28.2 Å². The Labute approximate surface area is 118 Å². The fraction of sp³-hybridized carbons (Fsp3) is 0.417. The molecule has 19 heavy (non-hydrogen) atoms. The van der Waals surface area contributed by atoms with E-state index in [4.69, 9.17) is 4.74 Å². The van der Waals surface area contributed by atoms with Crippen molar-refractivity contribution in [2.75, 3.05) is 25.6 Å². The highest BCUT2D eigenvalue weighted by Gasteiger charge is 2.10. The molecule has 7 heteroatoms. The summed E-state index contributed by atoms with van der Waals surface area (Å²) in [5.74, 6) is -1.75. The molecule has 4 nitrogen and oxygen atoms in total. The van der Waals surface area contributed by atoms with Gasteiger partial charge in [0.05, 0.1) is 23.3 Å². The number of carbonyl (C=O) groups excluding carboxylic acids is 1. The summed E-state index contributed by atoms with van der Waals surface area (Å²) in [6.45, 7) is 2.07. The minimum atomic E-state index is -0.751. The van der Waals surface area contributed by atoms with Crippen LogP contribution in [0.4, 0.5) is 14.5 Å². The van der Waals surface area contributed by atoms with E-state index in [9.17, 15) is 13.6 Å². The van der Waals surface area contributed by atoms with Crippen LogP contribution < -0.4 is 10.6 Å². The zero-order chi connectivity index (χ0) is 14.4. The van der Waals surface area contributed by atoms with Crippen molar-refractivity contribution in [3.8, 4) is 0 Å². The first-order valence-corrected chi connectivity index (χ1v) is 6.40. The fourth-order valence-corrected chi connectivity index (χ4v) is 1.79. The highest BCUT2D eigenvalue weighted by molar-refractivity contribution is 9.10. The van der Waals surface area contributed by atoms with Crippen LogP contribution in [0.1, 0.15) is 6.92 Å². The number of nitrogens with one attached hydrogen (secondary N) is 2. The standard InChI is InChI=1S/C12H15BrF2N2O2/c1-7(6-19-2)17-12(18)5-16-11-3-8(13)9(14)4-10(11)15/h3-4,7,16H,5-6H2,1-2H3,(H,17,18). The molecule has 0 fully saturated rings. The maximum atomic E-state index is 13.4. The van der Waals surface area contributed by atoms with Crippen molar-refractivity contribution in [1.82, 2.24) is 5.32 Å². The van der Waals surface area contributed by atoms with E-state index >= 15 is 0 Å². The van der Waals surface area contributed by atoms with Gasteiger partial charge in [0, 0.05) is 19.2 Å². The van der Waals surface area contributed by atoms with Crippen molar-refractivity contribution in [2.24, 2.45) is 0 Å². The van der Waals surface area contributed by atoms with Crippen LogP contribution in [0.25, 0.3) is 0 Å². The summed E-state index contributed by atoms with van der Waals surface area (Å²) >= 11 is 2.95. The van der Waals surface area contributed by atoms with E-state index in [0.29, 0.717) is 6.61 Å². The molecule has 1 aromatic carbocycles. The molecule has 0 aliphatic rings.